The van der Waals surface area contributed by atoms with Crippen LogP contribution < -0.4 is 4.74 Å². The van der Waals surface area contributed by atoms with Crippen LogP contribution in [-0.2, 0) is 16.1 Å². The first-order valence-electron chi connectivity index (χ1n) is 8.26. The van der Waals surface area contributed by atoms with Crippen LogP contribution in [0.1, 0.15) is 30.5 Å². The smallest absolute Gasteiger partial charge is 0.411 e. The Morgan fingerprint density at radius 1 is 1.19 bits per heavy atom. The molecule has 0 saturated heterocycles. The molecule has 0 spiro atoms. The molecule has 2 rings (SSSR count). The van der Waals surface area contributed by atoms with Crippen LogP contribution in [0.25, 0.3) is 0 Å². The van der Waals surface area contributed by atoms with E-state index in [2.05, 4.69) is 4.98 Å². The maximum atomic E-state index is 12.5. The van der Waals surface area contributed by atoms with Crippen molar-refractivity contribution in [2.45, 2.75) is 26.0 Å². The highest BCUT2D eigenvalue weighted by Crippen LogP contribution is 2.23. The normalized spacial score (nSPS) is 11.5. The topological polar surface area (TPSA) is 89.0 Å². The average Bonchev–Trinajstić information content (AvgIpc) is 2.67. The summed E-state index contributed by atoms with van der Waals surface area (Å²) >= 11 is 0. The molecule has 26 heavy (non-hydrogen) atoms. The van der Waals surface area contributed by atoms with E-state index in [1.807, 2.05) is 37.3 Å². The molecule has 138 valence electrons. The standard InChI is InChI=1S/C19H22N2O5/c1-3-11-21(19(24)26-13-14-7-5-4-6-8-14)17(18(22)23)15-9-10-16(25-2)20-12-15/h4-10,12,17H,3,11,13H2,1-2H3,(H,22,23). The molecule has 0 saturated carbocycles. The van der Waals surface area contributed by atoms with Crippen LogP contribution in [-0.4, -0.2) is 40.7 Å². The number of ether oxygens (including phenoxy) is 2. The summed E-state index contributed by atoms with van der Waals surface area (Å²) < 4.78 is 10.3. The molecule has 7 heteroatoms. The van der Waals surface area contributed by atoms with Crippen molar-refractivity contribution >= 4 is 12.1 Å². The van der Waals surface area contributed by atoms with Gasteiger partial charge in [-0.25, -0.2) is 14.6 Å². The third kappa shape index (κ3) is 4.95. The van der Waals surface area contributed by atoms with Crippen LogP contribution in [0.15, 0.2) is 48.7 Å². The summed E-state index contributed by atoms with van der Waals surface area (Å²) in [5, 5.41) is 9.68. The van der Waals surface area contributed by atoms with Crippen LogP contribution in [0, 0.1) is 0 Å². The van der Waals surface area contributed by atoms with Crippen molar-refractivity contribution in [2.75, 3.05) is 13.7 Å². The monoisotopic (exact) mass is 358 g/mol. The second kappa shape index (κ2) is 9.41. The molecule has 1 heterocycles. The van der Waals surface area contributed by atoms with E-state index in [0.29, 0.717) is 17.9 Å². The maximum Gasteiger partial charge on any atom is 0.411 e. The number of hydrogen-bond donors (Lipinski definition) is 1. The zero-order valence-electron chi connectivity index (χ0n) is 14.8. The molecular weight excluding hydrogens is 336 g/mol. The highest BCUT2D eigenvalue weighted by atomic mass is 16.6. The van der Waals surface area contributed by atoms with Gasteiger partial charge in [0.25, 0.3) is 0 Å². The van der Waals surface area contributed by atoms with E-state index in [-0.39, 0.29) is 13.2 Å². The minimum atomic E-state index is -1.18. The molecule has 0 aliphatic heterocycles. The van der Waals surface area contributed by atoms with E-state index in [9.17, 15) is 14.7 Å². The summed E-state index contributed by atoms with van der Waals surface area (Å²) in [4.78, 5) is 29.6. The number of aliphatic carboxylic acids is 1. The molecule has 1 atom stereocenters. The molecule has 1 aromatic carbocycles. The first-order chi connectivity index (χ1) is 12.6. The van der Waals surface area contributed by atoms with Gasteiger partial charge in [-0.3, -0.25) is 4.90 Å². The van der Waals surface area contributed by atoms with Crippen molar-refractivity contribution in [3.05, 3.63) is 59.8 Å². The van der Waals surface area contributed by atoms with Gasteiger partial charge in [0.15, 0.2) is 6.04 Å². The molecule has 1 N–H and O–H groups in total. The van der Waals surface area contributed by atoms with Gasteiger partial charge in [0.1, 0.15) is 6.61 Å². The fourth-order valence-electron chi connectivity index (χ4n) is 2.50. The number of nitrogens with zero attached hydrogens (tertiary/aromatic N) is 2. The predicted octanol–water partition coefficient (Wildman–Crippen LogP) is 3.26. The Balaban J connectivity index is 2.19. The Morgan fingerprint density at radius 2 is 1.92 bits per heavy atom. The van der Waals surface area contributed by atoms with Crippen LogP contribution in [0.2, 0.25) is 0 Å². The minimum absolute atomic E-state index is 0.0765. The van der Waals surface area contributed by atoms with Crippen LogP contribution >= 0.6 is 0 Å². The summed E-state index contributed by atoms with van der Waals surface area (Å²) in [6.07, 6.45) is 1.30. The van der Waals surface area contributed by atoms with Crippen molar-refractivity contribution < 1.29 is 24.2 Å². The SMILES string of the molecule is CCCN(C(=O)OCc1ccccc1)C(C(=O)O)c1ccc(OC)nc1. The maximum absolute atomic E-state index is 12.5. The lowest BCUT2D eigenvalue weighted by molar-refractivity contribution is -0.143. The van der Waals surface area contributed by atoms with E-state index in [0.717, 1.165) is 5.56 Å². The van der Waals surface area contributed by atoms with Gasteiger partial charge in [-0.2, -0.15) is 0 Å². The molecule has 0 aliphatic carbocycles. The Bertz CT molecular complexity index is 718. The number of methoxy groups -OCH3 is 1. The van der Waals surface area contributed by atoms with Gasteiger partial charge in [0.05, 0.1) is 7.11 Å². The summed E-state index contributed by atoms with van der Waals surface area (Å²) in [6, 6.07) is 11.2. The Labute approximate surface area is 152 Å². The number of aromatic nitrogens is 1. The van der Waals surface area contributed by atoms with E-state index >= 15 is 0 Å². The molecule has 2 aromatic rings. The number of carboxylic acid groups (broad SMARTS) is 1. The number of pyridine rings is 1. The summed E-state index contributed by atoms with van der Waals surface area (Å²) in [6.45, 7) is 2.19. The third-order valence-corrected chi connectivity index (χ3v) is 3.73. The summed E-state index contributed by atoms with van der Waals surface area (Å²) in [7, 11) is 1.47. The van der Waals surface area contributed by atoms with Gasteiger partial charge < -0.3 is 14.6 Å². The number of benzene rings is 1. The molecule has 1 amide bonds. The van der Waals surface area contributed by atoms with Crippen molar-refractivity contribution in [1.82, 2.24) is 9.88 Å². The lowest BCUT2D eigenvalue weighted by Crippen LogP contribution is -2.39. The lowest BCUT2D eigenvalue weighted by atomic mass is 10.1. The Kier molecular flexibility index (Phi) is 6.96. The van der Waals surface area contributed by atoms with Gasteiger partial charge in [0.2, 0.25) is 5.88 Å². The summed E-state index contributed by atoms with van der Waals surface area (Å²) in [5.41, 5.74) is 1.21. The largest absolute Gasteiger partial charge is 0.481 e. The zero-order valence-corrected chi connectivity index (χ0v) is 14.8. The molecule has 7 nitrogen and oxygen atoms in total. The first-order valence-corrected chi connectivity index (χ1v) is 8.26. The number of carbonyl (C=O) groups excluding carboxylic acids is 1. The van der Waals surface area contributed by atoms with E-state index in [1.165, 1.54) is 18.2 Å². The predicted molar refractivity (Wildman–Crippen MR) is 94.8 cm³/mol. The van der Waals surface area contributed by atoms with Crippen molar-refractivity contribution in [1.29, 1.82) is 0 Å². The molecular formula is C19H22N2O5. The van der Waals surface area contributed by atoms with Crippen LogP contribution in [0.3, 0.4) is 0 Å². The van der Waals surface area contributed by atoms with Crippen molar-refractivity contribution in [3.8, 4) is 5.88 Å². The molecule has 0 radical (unpaired) electrons. The Hall–Kier alpha value is -3.09. The van der Waals surface area contributed by atoms with Gasteiger partial charge in [0, 0.05) is 24.4 Å². The lowest BCUT2D eigenvalue weighted by Gasteiger charge is -2.28. The Morgan fingerprint density at radius 3 is 2.46 bits per heavy atom. The van der Waals surface area contributed by atoms with Gasteiger partial charge in [-0.15, -0.1) is 0 Å². The fourth-order valence-corrected chi connectivity index (χ4v) is 2.50. The quantitative estimate of drug-likeness (QED) is 0.779. The highest BCUT2D eigenvalue weighted by molar-refractivity contribution is 5.81. The van der Waals surface area contributed by atoms with Crippen molar-refractivity contribution in [2.24, 2.45) is 0 Å². The molecule has 0 aliphatic rings. The number of carboxylic acids is 1. The summed E-state index contributed by atoms with van der Waals surface area (Å²) in [5.74, 6) is -0.784. The van der Waals surface area contributed by atoms with E-state index in [4.69, 9.17) is 9.47 Å². The zero-order chi connectivity index (χ0) is 18.9. The molecule has 0 fully saturated rings. The van der Waals surface area contributed by atoms with E-state index < -0.39 is 18.1 Å². The molecule has 0 bridgehead atoms. The van der Waals surface area contributed by atoms with Gasteiger partial charge >= 0.3 is 12.1 Å². The van der Waals surface area contributed by atoms with Crippen LogP contribution in [0.4, 0.5) is 4.79 Å². The highest BCUT2D eigenvalue weighted by Gasteiger charge is 2.32. The second-order valence-electron chi connectivity index (χ2n) is 5.61. The van der Waals surface area contributed by atoms with Gasteiger partial charge in [-0.05, 0) is 18.1 Å². The van der Waals surface area contributed by atoms with Crippen molar-refractivity contribution in [3.63, 3.8) is 0 Å². The number of hydrogen-bond acceptors (Lipinski definition) is 5. The fraction of sp³-hybridized carbons (Fsp3) is 0.316. The minimum Gasteiger partial charge on any atom is -0.481 e. The van der Waals surface area contributed by atoms with Gasteiger partial charge in [-0.1, -0.05) is 37.3 Å². The molecule has 1 aromatic heterocycles. The molecule has 1 unspecified atom stereocenters. The van der Waals surface area contributed by atoms with Crippen LogP contribution in [0.5, 0.6) is 5.88 Å². The third-order valence-electron chi connectivity index (χ3n) is 3.73. The second-order valence-corrected chi connectivity index (χ2v) is 5.61. The van der Waals surface area contributed by atoms with E-state index in [1.54, 1.807) is 12.1 Å². The average molecular weight is 358 g/mol. The number of carbonyl (C=O) groups is 2. The number of rotatable bonds is 8. The first kappa shape index (κ1) is 19.2. The number of amides is 1.